The number of rotatable bonds is 2. The summed E-state index contributed by atoms with van der Waals surface area (Å²) in [5.41, 5.74) is -2.64. The van der Waals surface area contributed by atoms with Crippen molar-refractivity contribution in [3.8, 4) is 12.1 Å². The van der Waals surface area contributed by atoms with Crippen LogP contribution in [0.1, 0.15) is 0 Å². The van der Waals surface area contributed by atoms with Gasteiger partial charge in [-0.25, -0.2) is 4.39 Å². The van der Waals surface area contributed by atoms with Crippen molar-refractivity contribution in [2.75, 3.05) is 5.32 Å². The fourth-order valence-corrected chi connectivity index (χ4v) is 1.09. The Hall–Kier alpha value is -2.54. The van der Waals surface area contributed by atoms with Gasteiger partial charge in [-0.2, -0.15) is 23.7 Å². The molecule has 0 saturated carbocycles. The standard InChI is InChI=1S/C11H5F4N3/c12-8-1-3-9(4-2-8)18-10(11(13,14)15)7(5-16)6-17/h1-4,18H. The zero-order valence-corrected chi connectivity index (χ0v) is 8.72. The molecular weight excluding hydrogens is 250 g/mol. The van der Waals surface area contributed by atoms with E-state index in [1.54, 1.807) is 0 Å². The second-order valence-corrected chi connectivity index (χ2v) is 3.10. The predicted octanol–water partition coefficient (Wildman–Crippen LogP) is 3.10. The monoisotopic (exact) mass is 255 g/mol. The summed E-state index contributed by atoms with van der Waals surface area (Å²) < 4.78 is 50.4. The number of allylic oxidation sites excluding steroid dienone is 2. The number of nitrogens with one attached hydrogen (secondary N) is 1. The number of halogens is 4. The molecule has 18 heavy (non-hydrogen) atoms. The van der Waals surface area contributed by atoms with Crippen LogP contribution in [0.5, 0.6) is 0 Å². The smallest absolute Gasteiger partial charge is 0.350 e. The molecule has 0 bridgehead atoms. The minimum atomic E-state index is -4.88. The van der Waals surface area contributed by atoms with Crippen molar-refractivity contribution in [2.24, 2.45) is 0 Å². The van der Waals surface area contributed by atoms with Crippen LogP contribution in [-0.4, -0.2) is 6.18 Å². The number of anilines is 1. The summed E-state index contributed by atoms with van der Waals surface area (Å²) in [4.78, 5) is 0. The molecule has 0 aromatic heterocycles. The lowest BCUT2D eigenvalue weighted by molar-refractivity contribution is -0.0906. The molecule has 0 atom stereocenters. The quantitative estimate of drug-likeness (QED) is 0.652. The molecule has 0 fully saturated rings. The third kappa shape index (κ3) is 3.22. The number of benzene rings is 1. The van der Waals surface area contributed by atoms with E-state index in [2.05, 4.69) is 0 Å². The van der Waals surface area contributed by atoms with Gasteiger partial charge in [0.15, 0.2) is 5.57 Å². The summed E-state index contributed by atoms with van der Waals surface area (Å²) >= 11 is 0. The molecule has 0 aliphatic rings. The predicted molar refractivity (Wildman–Crippen MR) is 54.3 cm³/mol. The van der Waals surface area contributed by atoms with Crippen LogP contribution in [0.15, 0.2) is 35.5 Å². The van der Waals surface area contributed by atoms with Crippen LogP contribution in [0, 0.1) is 28.5 Å². The van der Waals surface area contributed by atoms with Gasteiger partial charge in [0.05, 0.1) is 0 Å². The Morgan fingerprint density at radius 1 is 1.06 bits per heavy atom. The lowest BCUT2D eigenvalue weighted by Gasteiger charge is -2.14. The molecule has 1 aromatic rings. The molecule has 7 heteroatoms. The first-order valence-corrected chi connectivity index (χ1v) is 4.52. The molecule has 0 aliphatic carbocycles. The average molecular weight is 255 g/mol. The maximum atomic E-state index is 12.6. The zero-order chi connectivity index (χ0) is 13.8. The summed E-state index contributed by atoms with van der Waals surface area (Å²) in [7, 11) is 0. The first-order valence-electron chi connectivity index (χ1n) is 4.52. The maximum Gasteiger partial charge on any atom is 0.433 e. The fourth-order valence-electron chi connectivity index (χ4n) is 1.09. The Kier molecular flexibility index (Phi) is 3.90. The number of hydrogen-bond acceptors (Lipinski definition) is 3. The van der Waals surface area contributed by atoms with Crippen LogP contribution in [-0.2, 0) is 0 Å². The minimum Gasteiger partial charge on any atom is -0.350 e. The van der Waals surface area contributed by atoms with Crippen molar-refractivity contribution in [3.05, 3.63) is 41.4 Å². The Labute approximate surface area is 99.6 Å². The lowest BCUT2D eigenvalue weighted by atomic mass is 10.2. The number of nitrogens with zero attached hydrogens (tertiary/aromatic N) is 2. The molecular formula is C11H5F4N3. The second-order valence-electron chi connectivity index (χ2n) is 3.10. The molecule has 1 N–H and O–H groups in total. The van der Waals surface area contributed by atoms with Gasteiger partial charge in [-0.3, -0.25) is 0 Å². The van der Waals surface area contributed by atoms with E-state index in [-0.39, 0.29) is 5.69 Å². The van der Waals surface area contributed by atoms with Crippen LogP contribution < -0.4 is 5.32 Å². The van der Waals surface area contributed by atoms with Gasteiger partial charge in [-0.05, 0) is 24.3 Å². The van der Waals surface area contributed by atoms with Crippen LogP contribution in [0.4, 0.5) is 23.2 Å². The van der Waals surface area contributed by atoms with Crippen molar-refractivity contribution in [3.63, 3.8) is 0 Å². The van der Waals surface area contributed by atoms with E-state index in [1.165, 1.54) is 0 Å². The van der Waals surface area contributed by atoms with E-state index in [0.717, 1.165) is 36.4 Å². The number of hydrogen-bond donors (Lipinski definition) is 1. The molecule has 3 nitrogen and oxygen atoms in total. The van der Waals surface area contributed by atoms with Gasteiger partial charge in [0, 0.05) is 5.69 Å². The Morgan fingerprint density at radius 3 is 1.94 bits per heavy atom. The lowest BCUT2D eigenvalue weighted by Crippen LogP contribution is -2.21. The third-order valence-corrected chi connectivity index (χ3v) is 1.87. The molecule has 0 spiro atoms. The Morgan fingerprint density at radius 2 is 1.56 bits per heavy atom. The van der Waals surface area contributed by atoms with Gasteiger partial charge in [0.25, 0.3) is 0 Å². The van der Waals surface area contributed by atoms with Crippen molar-refractivity contribution < 1.29 is 17.6 Å². The minimum absolute atomic E-state index is 0.0771. The fraction of sp³-hybridized carbons (Fsp3) is 0.0909. The van der Waals surface area contributed by atoms with Gasteiger partial charge in [-0.1, -0.05) is 0 Å². The van der Waals surface area contributed by atoms with Crippen LogP contribution >= 0.6 is 0 Å². The maximum absolute atomic E-state index is 12.6. The first kappa shape index (κ1) is 13.5. The third-order valence-electron chi connectivity index (χ3n) is 1.87. The highest BCUT2D eigenvalue weighted by Crippen LogP contribution is 2.29. The van der Waals surface area contributed by atoms with E-state index in [4.69, 9.17) is 10.5 Å². The van der Waals surface area contributed by atoms with Crippen LogP contribution in [0.2, 0.25) is 0 Å². The van der Waals surface area contributed by atoms with Crippen molar-refractivity contribution in [1.29, 1.82) is 10.5 Å². The normalized spacial score (nSPS) is 10.1. The molecule has 92 valence electrons. The molecule has 1 aromatic carbocycles. The van der Waals surface area contributed by atoms with Crippen LogP contribution in [0.3, 0.4) is 0 Å². The number of nitriles is 2. The Balaban J connectivity index is 3.17. The molecule has 0 saturated heterocycles. The summed E-state index contributed by atoms with van der Waals surface area (Å²) in [6, 6.07) is 6.34. The van der Waals surface area contributed by atoms with Crippen molar-refractivity contribution >= 4 is 5.69 Å². The topological polar surface area (TPSA) is 59.6 Å². The van der Waals surface area contributed by atoms with Gasteiger partial charge < -0.3 is 5.32 Å². The average Bonchev–Trinajstić information content (AvgIpc) is 2.30. The highest BCUT2D eigenvalue weighted by atomic mass is 19.4. The van der Waals surface area contributed by atoms with Crippen molar-refractivity contribution in [1.82, 2.24) is 0 Å². The summed E-state index contributed by atoms with van der Waals surface area (Å²) in [6.45, 7) is 0. The summed E-state index contributed by atoms with van der Waals surface area (Å²) in [5.74, 6) is -0.612. The number of alkyl halides is 3. The van der Waals surface area contributed by atoms with Gasteiger partial charge in [0.1, 0.15) is 23.7 Å². The van der Waals surface area contributed by atoms with Crippen molar-refractivity contribution in [2.45, 2.75) is 6.18 Å². The van der Waals surface area contributed by atoms with Gasteiger partial charge in [0.2, 0.25) is 0 Å². The highest BCUT2D eigenvalue weighted by Gasteiger charge is 2.37. The van der Waals surface area contributed by atoms with E-state index in [9.17, 15) is 17.6 Å². The zero-order valence-electron chi connectivity index (χ0n) is 8.72. The molecule has 0 aliphatic heterocycles. The van der Waals surface area contributed by atoms with E-state index in [1.807, 2.05) is 5.32 Å². The molecule has 0 radical (unpaired) electrons. The summed E-state index contributed by atoms with van der Waals surface area (Å²) in [6.07, 6.45) is -4.88. The molecule has 1 rings (SSSR count). The van der Waals surface area contributed by atoms with E-state index < -0.39 is 23.3 Å². The van der Waals surface area contributed by atoms with E-state index in [0.29, 0.717) is 0 Å². The summed E-state index contributed by atoms with van der Waals surface area (Å²) in [5, 5.41) is 18.8. The molecule has 0 unspecified atom stereocenters. The molecule has 0 amide bonds. The largest absolute Gasteiger partial charge is 0.433 e. The van der Waals surface area contributed by atoms with E-state index >= 15 is 0 Å². The Bertz CT molecular complexity index is 528. The highest BCUT2D eigenvalue weighted by molar-refractivity contribution is 5.55. The van der Waals surface area contributed by atoms with Gasteiger partial charge in [-0.15, -0.1) is 0 Å². The SMILES string of the molecule is N#CC(C#N)=C(Nc1ccc(F)cc1)C(F)(F)F. The second kappa shape index (κ2) is 5.19. The molecule has 0 heterocycles. The van der Waals surface area contributed by atoms with Crippen LogP contribution in [0.25, 0.3) is 0 Å². The van der Waals surface area contributed by atoms with Gasteiger partial charge >= 0.3 is 6.18 Å². The first-order chi connectivity index (χ1) is 8.38.